The average Bonchev–Trinajstić information content (AvgIpc) is 2.86. The van der Waals surface area contributed by atoms with Crippen LogP contribution in [-0.2, 0) is 10.1 Å². The Bertz CT molecular complexity index is 409. The number of rotatable bonds is 11. The van der Waals surface area contributed by atoms with Crippen LogP contribution in [0.25, 0.3) is 0 Å². The predicted octanol–water partition coefficient (Wildman–Crippen LogP) is 2.57. The van der Waals surface area contributed by atoms with Crippen molar-refractivity contribution in [3.8, 4) is 0 Å². The molecule has 124 valence electrons. The van der Waals surface area contributed by atoms with Crippen LogP contribution in [0.4, 0.5) is 0 Å². The van der Waals surface area contributed by atoms with Gasteiger partial charge in [-0.05, 0) is 25.2 Å². The lowest BCUT2D eigenvalue weighted by Crippen LogP contribution is -2.30. The van der Waals surface area contributed by atoms with E-state index < -0.39 is 10.1 Å². The van der Waals surface area contributed by atoms with Crippen LogP contribution < -0.4 is 0 Å². The second-order valence-corrected chi connectivity index (χ2v) is 7.43. The molecule has 0 N–H and O–H groups in total. The summed E-state index contributed by atoms with van der Waals surface area (Å²) in [4.78, 5) is 4.51. The Morgan fingerprint density at radius 1 is 1.14 bits per heavy atom. The van der Waals surface area contributed by atoms with Gasteiger partial charge >= 0.3 is 0 Å². The fraction of sp³-hybridized carbons (Fsp3) is 0.867. The zero-order valence-corrected chi connectivity index (χ0v) is 14.1. The smallest absolute Gasteiger partial charge is 0.0945 e. The molecule has 1 aliphatic rings. The van der Waals surface area contributed by atoms with Gasteiger partial charge in [0.05, 0.1) is 16.8 Å². The third-order valence-corrected chi connectivity index (χ3v) is 4.77. The second kappa shape index (κ2) is 9.30. The van der Waals surface area contributed by atoms with Gasteiger partial charge in [0.15, 0.2) is 0 Å². The average molecular weight is 317 g/mol. The summed E-state index contributed by atoms with van der Waals surface area (Å²) in [6.07, 6.45) is 10.4. The maximum atomic E-state index is 10.5. The maximum Gasteiger partial charge on any atom is 0.0945 e. The molecule has 1 aliphatic heterocycles. The Labute approximate surface area is 129 Å². The monoisotopic (exact) mass is 317 g/mol. The molecule has 0 amide bonds. The molecule has 0 fully saturated rings. The van der Waals surface area contributed by atoms with Crippen LogP contribution in [0.5, 0.6) is 0 Å². The molecule has 0 bridgehead atoms. The van der Waals surface area contributed by atoms with Crippen LogP contribution in [-0.4, -0.2) is 48.3 Å². The van der Waals surface area contributed by atoms with Gasteiger partial charge in [-0.1, -0.05) is 33.1 Å². The lowest BCUT2D eigenvalue weighted by atomic mass is 9.99. The fourth-order valence-corrected chi connectivity index (χ4v) is 3.18. The van der Waals surface area contributed by atoms with Gasteiger partial charge in [0.25, 0.3) is 0 Å². The normalized spacial score (nSPS) is 16.7. The van der Waals surface area contributed by atoms with Crippen LogP contribution in [0.3, 0.4) is 0 Å². The third-order valence-electron chi connectivity index (χ3n) is 3.98. The fourth-order valence-electron chi connectivity index (χ4n) is 2.62. The van der Waals surface area contributed by atoms with Crippen molar-refractivity contribution in [2.75, 3.05) is 25.5 Å². The number of nitrogens with zero attached hydrogens (tertiary/aromatic N) is 2. The highest BCUT2D eigenvalue weighted by atomic mass is 32.2. The van der Waals surface area contributed by atoms with Crippen LogP contribution in [0.1, 0.15) is 52.4 Å². The molecule has 0 aromatic rings. The Morgan fingerprint density at radius 2 is 1.86 bits per heavy atom. The van der Waals surface area contributed by atoms with Crippen molar-refractivity contribution in [3.63, 3.8) is 0 Å². The highest BCUT2D eigenvalue weighted by Crippen LogP contribution is 2.17. The van der Waals surface area contributed by atoms with Crippen molar-refractivity contribution in [2.24, 2.45) is 5.92 Å². The van der Waals surface area contributed by atoms with Crippen LogP contribution >= 0.6 is 0 Å². The maximum absolute atomic E-state index is 10.5. The zero-order valence-electron chi connectivity index (χ0n) is 13.3. The summed E-state index contributed by atoms with van der Waals surface area (Å²) in [5, 5.41) is 0. The minimum absolute atomic E-state index is 0.247. The van der Waals surface area contributed by atoms with Crippen molar-refractivity contribution in [3.05, 3.63) is 12.4 Å². The summed E-state index contributed by atoms with van der Waals surface area (Å²) in [5.41, 5.74) is 0. The molecule has 6 heteroatoms. The molecular weight excluding hydrogens is 288 g/mol. The van der Waals surface area contributed by atoms with E-state index in [-0.39, 0.29) is 5.75 Å². The summed E-state index contributed by atoms with van der Waals surface area (Å²) in [5.74, 6) is 0.503. The zero-order chi connectivity index (χ0) is 15.7. The van der Waals surface area contributed by atoms with Gasteiger partial charge in [-0.3, -0.25) is 0 Å². The molecule has 0 saturated heterocycles. The van der Waals surface area contributed by atoms with Gasteiger partial charge in [0, 0.05) is 31.2 Å². The van der Waals surface area contributed by atoms with Crippen LogP contribution in [0.15, 0.2) is 12.4 Å². The molecule has 21 heavy (non-hydrogen) atoms. The SMILES string of the molecule is CCCCC(CC)CN1C=CN(CCCCS(=O)(=O)[O-])C1. The molecule has 0 aromatic carbocycles. The topological polar surface area (TPSA) is 63.7 Å². The van der Waals surface area contributed by atoms with E-state index in [1.165, 1.54) is 25.7 Å². The minimum Gasteiger partial charge on any atom is -0.748 e. The van der Waals surface area contributed by atoms with E-state index >= 15 is 0 Å². The molecule has 0 saturated carbocycles. The Hall–Kier alpha value is -0.750. The van der Waals surface area contributed by atoms with Gasteiger partial charge in [0.1, 0.15) is 0 Å². The molecule has 0 aliphatic carbocycles. The Kier molecular flexibility index (Phi) is 8.11. The summed E-state index contributed by atoms with van der Waals surface area (Å²) in [6.45, 7) is 7.27. The van der Waals surface area contributed by atoms with Crippen molar-refractivity contribution >= 4 is 10.1 Å². The predicted molar refractivity (Wildman–Crippen MR) is 84.5 cm³/mol. The minimum atomic E-state index is -4.06. The van der Waals surface area contributed by atoms with E-state index in [4.69, 9.17) is 0 Å². The van der Waals surface area contributed by atoms with Crippen molar-refractivity contribution in [1.29, 1.82) is 0 Å². The van der Waals surface area contributed by atoms with Crippen LogP contribution in [0, 0.1) is 5.92 Å². The first-order valence-electron chi connectivity index (χ1n) is 8.04. The molecule has 1 atom stereocenters. The lowest BCUT2D eigenvalue weighted by molar-refractivity contribution is 0.225. The van der Waals surface area contributed by atoms with Crippen LogP contribution in [0.2, 0.25) is 0 Å². The molecule has 1 unspecified atom stereocenters. The summed E-state index contributed by atoms with van der Waals surface area (Å²) < 4.78 is 31.6. The third kappa shape index (κ3) is 8.31. The van der Waals surface area contributed by atoms with E-state index in [1.807, 2.05) is 0 Å². The molecule has 0 spiro atoms. The molecule has 1 rings (SSSR count). The number of hydrogen-bond donors (Lipinski definition) is 0. The van der Waals surface area contributed by atoms with Crippen molar-refractivity contribution in [2.45, 2.75) is 52.4 Å². The van der Waals surface area contributed by atoms with Gasteiger partial charge in [-0.2, -0.15) is 0 Å². The largest absolute Gasteiger partial charge is 0.748 e. The molecule has 0 aromatic heterocycles. The van der Waals surface area contributed by atoms with Gasteiger partial charge in [-0.15, -0.1) is 0 Å². The van der Waals surface area contributed by atoms with E-state index in [1.54, 1.807) is 0 Å². The van der Waals surface area contributed by atoms with Crippen molar-refractivity contribution < 1.29 is 13.0 Å². The highest BCUT2D eigenvalue weighted by molar-refractivity contribution is 7.85. The highest BCUT2D eigenvalue weighted by Gasteiger charge is 2.15. The number of hydrogen-bond acceptors (Lipinski definition) is 5. The summed E-state index contributed by atoms with van der Waals surface area (Å²) in [7, 11) is -4.06. The first-order chi connectivity index (χ1) is 9.94. The molecule has 5 nitrogen and oxygen atoms in total. The standard InChI is InChI=1S/C15H30N2O3S/c1-3-5-8-15(4-2)13-17-11-10-16(14-17)9-6-7-12-21(18,19)20/h10-11,15H,3-9,12-14H2,1-2H3,(H,18,19,20)/p-1. The van der Waals surface area contributed by atoms with Gasteiger partial charge < -0.3 is 14.4 Å². The van der Waals surface area contributed by atoms with E-state index in [0.29, 0.717) is 6.42 Å². The van der Waals surface area contributed by atoms with E-state index in [9.17, 15) is 13.0 Å². The Balaban J connectivity index is 2.19. The molecular formula is C15H29N2O3S-. The first kappa shape index (κ1) is 18.3. The summed E-state index contributed by atoms with van der Waals surface area (Å²) in [6, 6.07) is 0. The summed E-state index contributed by atoms with van der Waals surface area (Å²) >= 11 is 0. The van der Waals surface area contributed by atoms with E-state index in [2.05, 4.69) is 36.0 Å². The lowest BCUT2D eigenvalue weighted by Gasteiger charge is -2.25. The van der Waals surface area contributed by atoms with Gasteiger partial charge in [0.2, 0.25) is 0 Å². The first-order valence-corrected chi connectivity index (χ1v) is 9.62. The van der Waals surface area contributed by atoms with Crippen molar-refractivity contribution in [1.82, 2.24) is 9.80 Å². The van der Waals surface area contributed by atoms with E-state index in [0.717, 1.165) is 32.1 Å². The molecule has 1 heterocycles. The quantitative estimate of drug-likeness (QED) is 0.433. The Morgan fingerprint density at radius 3 is 2.48 bits per heavy atom. The number of unbranched alkanes of at least 4 members (excludes halogenated alkanes) is 2. The molecule has 0 radical (unpaired) electrons. The van der Waals surface area contributed by atoms with Gasteiger partial charge in [-0.25, -0.2) is 8.42 Å². The second-order valence-electron chi connectivity index (χ2n) is 5.91.